The fourth-order valence-electron chi connectivity index (χ4n) is 1.59. The number of rotatable bonds is 2. The summed E-state index contributed by atoms with van der Waals surface area (Å²) < 4.78 is 5.82. The molecule has 1 heterocycles. The van der Waals surface area contributed by atoms with Crippen LogP contribution in [0.4, 0.5) is 0 Å². The largest absolute Gasteiger partial charge is 0.437 e. The van der Waals surface area contributed by atoms with Crippen molar-refractivity contribution in [1.82, 2.24) is 10.2 Å². The minimum absolute atomic E-state index is 0.417. The molecular weight excluding hydrogens is 248 g/mol. The van der Waals surface area contributed by atoms with E-state index in [0.29, 0.717) is 11.0 Å². The van der Waals surface area contributed by atoms with Crippen LogP contribution in [0, 0.1) is 27.7 Å². The summed E-state index contributed by atoms with van der Waals surface area (Å²) >= 11 is 5.92. The Balaban J connectivity index is 2.41. The van der Waals surface area contributed by atoms with Gasteiger partial charge in [0.25, 0.3) is 0 Å². The molecule has 94 valence electrons. The quantitative estimate of drug-likeness (QED) is 0.815. The highest BCUT2D eigenvalue weighted by Crippen LogP contribution is 2.29. The third kappa shape index (κ3) is 2.31. The lowest BCUT2D eigenvalue weighted by atomic mass is 10.1. The van der Waals surface area contributed by atoms with E-state index in [1.165, 1.54) is 5.56 Å². The molecule has 0 radical (unpaired) electrons. The summed E-state index contributed by atoms with van der Waals surface area (Å²) in [6, 6.07) is 5.93. The van der Waals surface area contributed by atoms with E-state index in [2.05, 4.69) is 10.2 Å². The molecule has 0 fully saturated rings. The van der Waals surface area contributed by atoms with Crippen molar-refractivity contribution in [2.45, 2.75) is 27.7 Å². The summed E-state index contributed by atoms with van der Waals surface area (Å²) in [6.07, 6.45) is 0. The molecule has 3 nitrogen and oxygen atoms in total. The van der Waals surface area contributed by atoms with Crippen LogP contribution in [0.15, 0.2) is 18.2 Å². The Bertz CT molecular complexity index is 597. The van der Waals surface area contributed by atoms with E-state index in [-0.39, 0.29) is 0 Å². The number of hydrogen-bond donors (Lipinski definition) is 0. The first-order valence-electron chi connectivity index (χ1n) is 5.74. The molecule has 0 saturated heterocycles. The van der Waals surface area contributed by atoms with Crippen LogP contribution in [0.5, 0.6) is 11.6 Å². The first-order chi connectivity index (χ1) is 8.50. The van der Waals surface area contributed by atoms with Gasteiger partial charge in [0.1, 0.15) is 5.75 Å². The lowest BCUT2D eigenvalue weighted by Crippen LogP contribution is -1.99. The first-order valence-corrected chi connectivity index (χ1v) is 6.12. The maximum atomic E-state index is 5.92. The van der Waals surface area contributed by atoms with Crippen molar-refractivity contribution in [3.05, 3.63) is 45.6 Å². The average Bonchev–Trinajstić information content (AvgIpc) is 2.35. The average molecular weight is 263 g/mol. The van der Waals surface area contributed by atoms with Gasteiger partial charge in [-0.05, 0) is 50.5 Å². The highest BCUT2D eigenvalue weighted by molar-refractivity contribution is 6.30. The van der Waals surface area contributed by atoms with Gasteiger partial charge in [0.2, 0.25) is 5.88 Å². The second-order valence-electron chi connectivity index (χ2n) is 4.35. The third-order valence-corrected chi connectivity index (χ3v) is 3.54. The molecule has 4 heteroatoms. The monoisotopic (exact) mass is 262 g/mol. The Morgan fingerprint density at radius 3 is 2.39 bits per heavy atom. The van der Waals surface area contributed by atoms with Crippen LogP contribution in [0.2, 0.25) is 5.15 Å². The molecule has 0 aliphatic carbocycles. The van der Waals surface area contributed by atoms with E-state index in [1.807, 2.05) is 45.9 Å². The summed E-state index contributed by atoms with van der Waals surface area (Å²) in [4.78, 5) is 0. The Morgan fingerprint density at radius 2 is 1.67 bits per heavy atom. The fourth-order valence-corrected chi connectivity index (χ4v) is 1.77. The van der Waals surface area contributed by atoms with E-state index in [1.54, 1.807) is 0 Å². The lowest BCUT2D eigenvalue weighted by molar-refractivity contribution is 0.446. The Kier molecular flexibility index (Phi) is 3.53. The first kappa shape index (κ1) is 12.8. The maximum Gasteiger partial charge on any atom is 0.242 e. The summed E-state index contributed by atoms with van der Waals surface area (Å²) in [5.74, 6) is 1.31. The maximum absolute atomic E-state index is 5.92. The zero-order valence-electron chi connectivity index (χ0n) is 10.9. The molecule has 0 unspecified atom stereocenters. The van der Waals surface area contributed by atoms with Crippen molar-refractivity contribution in [2.75, 3.05) is 0 Å². The van der Waals surface area contributed by atoms with Gasteiger partial charge < -0.3 is 4.74 Å². The zero-order chi connectivity index (χ0) is 13.3. The van der Waals surface area contributed by atoms with Gasteiger partial charge in [-0.1, -0.05) is 23.7 Å². The molecule has 0 bridgehead atoms. The molecule has 0 atom stereocenters. The Hall–Kier alpha value is -1.61. The molecular formula is C14H15ClN2O. The van der Waals surface area contributed by atoms with E-state index in [0.717, 1.165) is 22.4 Å². The summed E-state index contributed by atoms with van der Waals surface area (Å²) in [5.41, 5.74) is 4.10. The van der Waals surface area contributed by atoms with Gasteiger partial charge in [0, 0.05) is 5.56 Å². The molecule has 2 aromatic rings. The number of nitrogens with zero attached hydrogens (tertiary/aromatic N) is 2. The second-order valence-corrected chi connectivity index (χ2v) is 4.70. The minimum atomic E-state index is 0.417. The van der Waals surface area contributed by atoms with Crippen molar-refractivity contribution in [3.8, 4) is 11.6 Å². The number of halogens is 1. The lowest BCUT2D eigenvalue weighted by Gasteiger charge is -2.12. The molecule has 1 aromatic heterocycles. The molecule has 0 saturated carbocycles. The summed E-state index contributed by atoms with van der Waals surface area (Å²) in [7, 11) is 0. The molecule has 0 N–H and O–H groups in total. The van der Waals surface area contributed by atoms with Crippen LogP contribution in [-0.4, -0.2) is 10.2 Å². The van der Waals surface area contributed by atoms with E-state index in [9.17, 15) is 0 Å². The van der Waals surface area contributed by atoms with Crippen molar-refractivity contribution in [3.63, 3.8) is 0 Å². The van der Waals surface area contributed by atoms with Crippen LogP contribution in [0.1, 0.15) is 22.3 Å². The molecule has 0 aliphatic heterocycles. The molecule has 18 heavy (non-hydrogen) atoms. The van der Waals surface area contributed by atoms with Gasteiger partial charge in [0.15, 0.2) is 5.15 Å². The predicted molar refractivity (Wildman–Crippen MR) is 72.5 cm³/mol. The van der Waals surface area contributed by atoms with E-state index >= 15 is 0 Å². The summed E-state index contributed by atoms with van der Waals surface area (Å²) in [6.45, 7) is 7.91. The van der Waals surface area contributed by atoms with Gasteiger partial charge in [-0.2, -0.15) is 0 Å². The number of aromatic nitrogens is 2. The minimum Gasteiger partial charge on any atom is -0.437 e. The molecule has 0 amide bonds. The zero-order valence-corrected chi connectivity index (χ0v) is 11.7. The van der Waals surface area contributed by atoms with Gasteiger partial charge >= 0.3 is 0 Å². The van der Waals surface area contributed by atoms with Gasteiger partial charge in [-0.3, -0.25) is 0 Å². The van der Waals surface area contributed by atoms with Crippen LogP contribution in [0.25, 0.3) is 0 Å². The number of ether oxygens (including phenoxy) is 1. The molecule has 0 spiro atoms. The van der Waals surface area contributed by atoms with E-state index < -0.39 is 0 Å². The molecule has 1 aromatic carbocycles. The number of aryl methyl sites for hydroxylation is 1. The summed E-state index contributed by atoms with van der Waals surface area (Å²) in [5, 5.41) is 8.30. The highest BCUT2D eigenvalue weighted by Gasteiger charge is 2.11. The Labute approximate surface area is 112 Å². The van der Waals surface area contributed by atoms with Crippen molar-refractivity contribution in [2.24, 2.45) is 0 Å². The van der Waals surface area contributed by atoms with Crippen molar-refractivity contribution >= 4 is 11.6 Å². The van der Waals surface area contributed by atoms with Crippen LogP contribution >= 0.6 is 11.6 Å². The molecule has 2 rings (SSSR count). The van der Waals surface area contributed by atoms with Crippen LogP contribution in [0.3, 0.4) is 0 Å². The smallest absolute Gasteiger partial charge is 0.242 e. The van der Waals surface area contributed by atoms with E-state index in [4.69, 9.17) is 16.3 Å². The number of benzene rings is 1. The van der Waals surface area contributed by atoms with Gasteiger partial charge in [0.05, 0.1) is 0 Å². The standard InChI is InChI=1S/C14H15ClN2O/c1-8-6-5-7-12(9(8)2)18-14-11(4)10(3)13(15)16-17-14/h5-7H,1-4H3. The second kappa shape index (κ2) is 4.94. The van der Waals surface area contributed by atoms with Crippen molar-refractivity contribution < 1.29 is 4.74 Å². The third-order valence-electron chi connectivity index (χ3n) is 3.18. The topological polar surface area (TPSA) is 35.0 Å². The predicted octanol–water partition coefficient (Wildman–Crippen LogP) is 4.16. The SMILES string of the molecule is Cc1cccc(Oc2nnc(Cl)c(C)c2C)c1C. The van der Waals surface area contributed by atoms with Gasteiger partial charge in [-0.25, -0.2) is 0 Å². The van der Waals surface area contributed by atoms with Gasteiger partial charge in [-0.15, -0.1) is 10.2 Å². The van der Waals surface area contributed by atoms with Crippen LogP contribution < -0.4 is 4.74 Å². The fraction of sp³-hybridized carbons (Fsp3) is 0.286. The Morgan fingerprint density at radius 1 is 0.944 bits per heavy atom. The molecule has 0 aliphatic rings. The number of hydrogen-bond acceptors (Lipinski definition) is 3. The highest BCUT2D eigenvalue weighted by atomic mass is 35.5. The van der Waals surface area contributed by atoms with Crippen LogP contribution in [-0.2, 0) is 0 Å². The normalized spacial score (nSPS) is 10.5. The van der Waals surface area contributed by atoms with Crippen molar-refractivity contribution in [1.29, 1.82) is 0 Å².